The molecule has 0 saturated carbocycles. The molecule has 6 rings (SSSR count). The number of allylic oxidation sites excluding steroid dienone is 6. The molecule has 2 heterocycles. The van der Waals surface area contributed by atoms with E-state index in [-0.39, 0.29) is 56.9 Å². The van der Waals surface area contributed by atoms with Crippen LogP contribution in [0.15, 0.2) is 103 Å². The van der Waals surface area contributed by atoms with E-state index in [4.69, 9.17) is 18.6 Å². The molecular formula is C31H29KN2S-2. The molecule has 0 saturated heterocycles. The van der Waals surface area contributed by atoms with Gasteiger partial charge >= 0.3 is 51.4 Å². The van der Waals surface area contributed by atoms with Crippen LogP contribution >= 0.6 is 11.3 Å². The number of fused-ring (bicyclic) bond motifs is 4. The number of nitrogens with zero attached hydrogens (tertiary/aromatic N) is 2. The zero-order chi connectivity index (χ0) is 24.1. The van der Waals surface area contributed by atoms with Crippen LogP contribution in [0, 0.1) is 13.2 Å². The number of hydrogen-bond acceptors (Lipinski definition) is 1. The molecule has 0 N–H and O–H groups in total. The van der Waals surface area contributed by atoms with Crippen molar-refractivity contribution in [1.82, 2.24) is 4.68 Å². The predicted octanol–water partition coefficient (Wildman–Crippen LogP) is 5.88. The van der Waals surface area contributed by atoms with Crippen LogP contribution < -0.4 is 51.4 Å². The molecule has 0 bridgehead atoms. The molecule has 0 spiro atoms. The number of benzene rings is 2. The third-order valence-electron chi connectivity index (χ3n) is 5.74. The molecule has 0 fully saturated rings. The van der Waals surface area contributed by atoms with Crippen molar-refractivity contribution in [3.8, 4) is 0 Å². The fourth-order valence-electron chi connectivity index (χ4n) is 4.07. The summed E-state index contributed by atoms with van der Waals surface area (Å²) in [5.41, 5.74) is 8.42. The van der Waals surface area contributed by atoms with Gasteiger partial charge in [-0.15, -0.1) is 23.0 Å². The fourth-order valence-corrected chi connectivity index (χ4v) is 5.18. The second kappa shape index (κ2) is 12.4. The van der Waals surface area contributed by atoms with Crippen LogP contribution in [0.3, 0.4) is 0 Å². The first-order valence-corrected chi connectivity index (χ1v) is 12.4. The molecular weight excluding hydrogens is 472 g/mol. The van der Waals surface area contributed by atoms with Gasteiger partial charge in [0, 0.05) is 21.7 Å². The van der Waals surface area contributed by atoms with Gasteiger partial charge in [0.25, 0.3) is 0 Å². The maximum absolute atomic E-state index is 5.74. The molecule has 2 aromatic heterocycles. The fraction of sp³-hybridized carbons (Fsp3) is 0.161. The quantitative estimate of drug-likeness (QED) is 0.242. The van der Waals surface area contributed by atoms with E-state index in [0.717, 1.165) is 23.1 Å². The van der Waals surface area contributed by atoms with Gasteiger partial charge in [-0.25, -0.2) is 5.56 Å². The molecule has 0 amide bonds. The zero-order valence-electron chi connectivity index (χ0n) is 20.9. The van der Waals surface area contributed by atoms with E-state index >= 15 is 0 Å². The van der Waals surface area contributed by atoms with Crippen molar-refractivity contribution in [2.75, 3.05) is 0 Å². The Morgan fingerprint density at radius 2 is 1.49 bits per heavy atom. The molecule has 2 aromatic carbocycles. The SMILES string of the molecule is CC.CC1([N-]n2cc3sc4ccccc4c3c2)C=CC=CC=C1.[CH-]=C1Cc2ccccc2C1=[CH-].[K+]. The van der Waals surface area contributed by atoms with Gasteiger partial charge in [-0.1, -0.05) is 106 Å². The Morgan fingerprint density at radius 3 is 2.20 bits per heavy atom. The topological polar surface area (TPSA) is 19.0 Å². The maximum atomic E-state index is 5.74. The van der Waals surface area contributed by atoms with Crippen molar-refractivity contribution in [3.63, 3.8) is 0 Å². The van der Waals surface area contributed by atoms with E-state index in [1.54, 1.807) is 0 Å². The zero-order valence-corrected chi connectivity index (χ0v) is 24.8. The maximum Gasteiger partial charge on any atom is 1.00 e. The van der Waals surface area contributed by atoms with Crippen LogP contribution in [0.4, 0.5) is 0 Å². The second-order valence-electron chi connectivity index (χ2n) is 8.22. The molecule has 0 aliphatic heterocycles. The minimum absolute atomic E-state index is 0. The summed E-state index contributed by atoms with van der Waals surface area (Å²) in [6.07, 6.45) is 17.4. The minimum Gasteiger partial charge on any atom is -0.606 e. The molecule has 0 radical (unpaired) electrons. The predicted molar refractivity (Wildman–Crippen MR) is 149 cm³/mol. The van der Waals surface area contributed by atoms with Gasteiger partial charge in [-0.2, -0.15) is 0 Å². The number of thiophene rings is 1. The first-order valence-electron chi connectivity index (χ1n) is 11.6. The van der Waals surface area contributed by atoms with Gasteiger partial charge in [0.1, 0.15) is 0 Å². The molecule has 0 atom stereocenters. The Morgan fingerprint density at radius 1 is 0.829 bits per heavy atom. The van der Waals surface area contributed by atoms with Crippen molar-refractivity contribution in [2.45, 2.75) is 32.7 Å². The van der Waals surface area contributed by atoms with Gasteiger partial charge in [-0.05, 0) is 12.3 Å². The van der Waals surface area contributed by atoms with Crippen LogP contribution in [0.25, 0.3) is 31.2 Å². The summed E-state index contributed by atoms with van der Waals surface area (Å²) in [5.74, 6) is 0. The van der Waals surface area contributed by atoms with E-state index in [2.05, 4.69) is 61.8 Å². The van der Waals surface area contributed by atoms with E-state index in [9.17, 15) is 0 Å². The van der Waals surface area contributed by atoms with E-state index in [0.29, 0.717) is 0 Å². The van der Waals surface area contributed by atoms with Gasteiger partial charge in [0.15, 0.2) is 0 Å². The van der Waals surface area contributed by atoms with Crippen molar-refractivity contribution in [3.05, 3.63) is 133 Å². The average Bonchev–Trinajstić information content (AvgIpc) is 3.42. The van der Waals surface area contributed by atoms with Crippen LogP contribution in [0.5, 0.6) is 0 Å². The monoisotopic (exact) mass is 500 g/mol. The summed E-state index contributed by atoms with van der Waals surface area (Å²) < 4.78 is 4.57. The Labute approximate surface area is 255 Å². The van der Waals surface area contributed by atoms with E-state index < -0.39 is 0 Å². The summed E-state index contributed by atoms with van der Waals surface area (Å²) in [6, 6.07) is 16.6. The Balaban J connectivity index is 0.000000208. The molecule has 2 aliphatic carbocycles. The Kier molecular flexibility index (Phi) is 9.76. The second-order valence-corrected chi connectivity index (χ2v) is 9.30. The summed E-state index contributed by atoms with van der Waals surface area (Å²) in [7, 11) is 0. The molecule has 172 valence electrons. The van der Waals surface area contributed by atoms with Crippen LogP contribution in [0.1, 0.15) is 31.9 Å². The summed E-state index contributed by atoms with van der Waals surface area (Å²) in [5, 5.41) is 2.59. The van der Waals surface area contributed by atoms with Crippen LogP contribution in [0.2, 0.25) is 0 Å². The van der Waals surface area contributed by atoms with Crippen molar-refractivity contribution >= 4 is 37.1 Å². The Bertz CT molecular complexity index is 1410. The number of aromatic nitrogens is 1. The van der Waals surface area contributed by atoms with Gasteiger partial charge in [0.05, 0.1) is 4.70 Å². The normalized spacial score (nSPS) is 14.9. The molecule has 2 nitrogen and oxygen atoms in total. The van der Waals surface area contributed by atoms with Gasteiger partial charge in [0.2, 0.25) is 0 Å². The van der Waals surface area contributed by atoms with Gasteiger partial charge in [-0.3, -0.25) is 0 Å². The van der Waals surface area contributed by atoms with Gasteiger partial charge < -0.3 is 34.4 Å². The summed E-state index contributed by atoms with van der Waals surface area (Å²) in [4.78, 5) is 0. The van der Waals surface area contributed by atoms with Crippen LogP contribution in [-0.4, -0.2) is 10.2 Å². The third kappa shape index (κ3) is 6.26. The van der Waals surface area contributed by atoms with Crippen molar-refractivity contribution in [1.29, 1.82) is 0 Å². The summed E-state index contributed by atoms with van der Waals surface area (Å²) >= 11 is 1.82. The molecule has 4 aromatic rings. The van der Waals surface area contributed by atoms with Crippen LogP contribution in [-0.2, 0) is 6.42 Å². The molecule has 0 unspecified atom stereocenters. The van der Waals surface area contributed by atoms with E-state index in [1.165, 1.54) is 25.7 Å². The number of hydrogen-bond donors (Lipinski definition) is 0. The molecule has 2 aliphatic rings. The molecule has 4 heteroatoms. The first-order chi connectivity index (χ1) is 16.5. The molecule has 35 heavy (non-hydrogen) atoms. The largest absolute Gasteiger partial charge is 1.00 e. The first kappa shape index (κ1) is 27.7. The smallest absolute Gasteiger partial charge is 0.606 e. The number of rotatable bonds is 2. The average molecular weight is 501 g/mol. The standard InChI is InChI=1S/C18H15N2S.C11H8.C2H6.K/c1-18(10-6-2-3-7-11-18)19-20-12-15-14-8-4-5-9-16(14)21-17(15)13-20;1-8-7-10-5-3-4-6-11(10)9(8)2;1-2;/h2-13H,1H3;1-6H,7H2;1-2H3;/q-1;-2;;+1. The van der Waals surface area contributed by atoms with Crippen molar-refractivity contribution < 1.29 is 51.4 Å². The van der Waals surface area contributed by atoms with E-state index in [1.807, 2.05) is 72.4 Å². The minimum atomic E-state index is -0.305. The summed E-state index contributed by atoms with van der Waals surface area (Å²) in [6.45, 7) is 17.5. The van der Waals surface area contributed by atoms with Crippen molar-refractivity contribution in [2.24, 2.45) is 0 Å². The third-order valence-corrected chi connectivity index (χ3v) is 6.86. The Hall–Kier alpha value is -1.92.